The normalized spacial score (nSPS) is 24.9. The van der Waals surface area contributed by atoms with Crippen LogP contribution in [0.4, 0.5) is 4.39 Å². The number of benzene rings is 1. The molecule has 2 unspecified atom stereocenters. The molecule has 0 spiro atoms. The summed E-state index contributed by atoms with van der Waals surface area (Å²) < 4.78 is 19.4. The Morgan fingerprint density at radius 2 is 2.31 bits per heavy atom. The van der Waals surface area contributed by atoms with Gasteiger partial charge in [-0.2, -0.15) is 11.8 Å². The smallest absolute Gasteiger partial charge is 0.124 e. The molecular formula is C12H14BrFOS. The number of ether oxygens (including phenoxy) is 1. The molecule has 2 rings (SSSR count). The van der Waals surface area contributed by atoms with Gasteiger partial charge < -0.3 is 4.74 Å². The lowest BCUT2D eigenvalue weighted by Gasteiger charge is -2.13. The molecule has 1 aromatic carbocycles. The maximum absolute atomic E-state index is 13.1. The summed E-state index contributed by atoms with van der Waals surface area (Å²) in [5, 5.41) is 0.544. The molecular weight excluding hydrogens is 291 g/mol. The Hall–Kier alpha value is -0.0600. The average Bonchev–Trinajstić information content (AvgIpc) is 2.59. The van der Waals surface area contributed by atoms with Crippen molar-refractivity contribution in [2.45, 2.75) is 30.5 Å². The van der Waals surface area contributed by atoms with E-state index in [1.54, 1.807) is 6.07 Å². The monoisotopic (exact) mass is 304 g/mol. The minimum absolute atomic E-state index is 0.180. The molecule has 1 saturated heterocycles. The van der Waals surface area contributed by atoms with Crippen molar-refractivity contribution in [1.82, 2.24) is 0 Å². The van der Waals surface area contributed by atoms with Gasteiger partial charge >= 0.3 is 0 Å². The first kappa shape index (κ1) is 12.4. The summed E-state index contributed by atoms with van der Waals surface area (Å²) >= 11 is 5.15. The first-order valence-corrected chi connectivity index (χ1v) is 7.17. The van der Waals surface area contributed by atoms with Gasteiger partial charge in [-0.15, -0.1) is 0 Å². The predicted molar refractivity (Wildman–Crippen MR) is 69.2 cm³/mol. The van der Waals surface area contributed by atoms with E-state index in [-0.39, 0.29) is 5.82 Å². The van der Waals surface area contributed by atoms with Crippen molar-refractivity contribution in [2.75, 3.05) is 6.61 Å². The summed E-state index contributed by atoms with van der Waals surface area (Å²) in [7, 11) is 0. The predicted octanol–water partition coefficient (Wildman–Crippen LogP) is 4.00. The fourth-order valence-electron chi connectivity index (χ4n) is 1.83. The van der Waals surface area contributed by atoms with Crippen LogP contribution in [0.5, 0.6) is 0 Å². The zero-order valence-corrected chi connectivity index (χ0v) is 11.5. The van der Waals surface area contributed by atoms with E-state index in [4.69, 9.17) is 4.74 Å². The molecule has 1 fully saturated rings. The Morgan fingerprint density at radius 1 is 1.50 bits per heavy atom. The van der Waals surface area contributed by atoms with E-state index in [0.717, 1.165) is 28.8 Å². The highest BCUT2D eigenvalue weighted by atomic mass is 79.9. The fourth-order valence-corrected chi connectivity index (χ4v) is 3.53. The van der Waals surface area contributed by atoms with E-state index in [0.29, 0.717) is 11.4 Å². The summed E-state index contributed by atoms with van der Waals surface area (Å²) in [6.07, 6.45) is 1.42. The van der Waals surface area contributed by atoms with E-state index >= 15 is 0 Å². The van der Waals surface area contributed by atoms with Crippen LogP contribution < -0.4 is 0 Å². The molecule has 2 atom stereocenters. The van der Waals surface area contributed by atoms with Crippen LogP contribution in [0, 0.1) is 5.82 Å². The first-order valence-electron chi connectivity index (χ1n) is 5.33. The highest BCUT2D eigenvalue weighted by Crippen LogP contribution is 2.29. The van der Waals surface area contributed by atoms with E-state index in [2.05, 4.69) is 22.9 Å². The van der Waals surface area contributed by atoms with Gasteiger partial charge in [0, 0.05) is 22.1 Å². The van der Waals surface area contributed by atoms with Crippen LogP contribution >= 0.6 is 27.7 Å². The molecule has 0 amide bonds. The van der Waals surface area contributed by atoms with Crippen molar-refractivity contribution in [3.05, 3.63) is 34.1 Å². The molecule has 0 N–H and O–H groups in total. The molecule has 1 heterocycles. The largest absolute Gasteiger partial charge is 0.377 e. The van der Waals surface area contributed by atoms with Gasteiger partial charge in [-0.25, -0.2) is 4.39 Å². The standard InChI is InChI=1S/C12H14BrFOS/c1-8-12(2-3-15-8)16-7-9-4-10(13)6-11(14)5-9/h4-6,8,12H,2-3,7H2,1H3. The van der Waals surface area contributed by atoms with Crippen molar-refractivity contribution in [3.63, 3.8) is 0 Å². The number of hydrogen-bond donors (Lipinski definition) is 0. The van der Waals surface area contributed by atoms with Gasteiger partial charge in [-0.3, -0.25) is 0 Å². The molecule has 0 saturated carbocycles. The van der Waals surface area contributed by atoms with Gasteiger partial charge in [-0.1, -0.05) is 15.9 Å². The van der Waals surface area contributed by atoms with Gasteiger partial charge in [0.1, 0.15) is 5.82 Å². The van der Waals surface area contributed by atoms with Crippen LogP contribution in [0.2, 0.25) is 0 Å². The third-order valence-electron chi connectivity index (χ3n) is 2.69. The summed E-state index contributed by atoms with van der Waals surface area (Å²) in [4.78, 5) is 0. The van der Waals surface area contributed by atoms with Gasteiger partial charge in [-0.05, 0) is 37.1 Å². The Balaban J connectivity index is 1.94. The molecule has 0 radical (unpaired) electrons. The number of thioether (sulfide) groups is 1. The molecule has 4 heteroatoms. The second-order valence-corrected chi connectivity index (χ2v) is 6.13. The molecule has 1 aliphatic heterocycles. The summed E-state index contributed by atoms with van der Waals surface area (Å²) in [5.74, 6) is 0.662. The van der Waals surface area contributed by atoms with E-state index < -0.39 is 0 Å². The number of hydrogen-bond acceptors (Lipinski definition) is 2. The van der Waals surface area contributed by atoms with Gasteiger partial charge in [0.15, 0.2) is 0 Å². The SMILES string of the molecule is CC1OCCC1SCc1cc(F)cc(Br)c1. The van der Waals surface area contributed by atoms with Crippen molar-refractivity contribution < 1.29 is 9.13 Å². The molecule has 1 aliphatic rings. The lowest BCUT2D eigenvalue weighted by Crippen LogP contribution is -2.13. The highest BCUT2D eigenvalue weighted by Gasteiger charge is 2.24. The third kappa shape index (κ3) is 3.22. The zero-order chi connectivity index (χ0) is 11.5. The minimum atomic E-state index is -0.180. The Morgan fingerprint density at radius 3 is 2.94 bits per heavy atom. The third-order valence-corrected chi connectivity index (χ3v) is 4.70. The Labute approximate surface area is 108 Å². The zero-order valence-electron chi connectivity index (χ0n) is 9.08. The maximum atomic E-state index is 13.1. The fraction of sp³-hybridized carbons (Fsp3) is 0.500. The van der Waals surface area contributed by atoms with Crippen molar-refractivity contribution >= 4 is 27.7 Å². The van der Waals surface area contributed by atoms with Crippen molar-refractivity contribution in [3.8, 4) is 0 Å². The molecule has 0 aromatic heterocycles. The van der Waals surface area contributed by atoms with Crippen LogP contribution in [0.15, 0.2) is 22.7 Å². The molecule has 1 nitrogen and oxygen atoms in total. The number of halogens is 2. The Kier molecular flexibility index (Phi) is 4.27. The summed E-state index contributed by atoms with van der Waals surface area (Å²) in [6, 6.07) is 5.05. The summed E-state index contributed by atoms with van der Waals surface area (Å²) in [5.41, 5.74) is 1.02. The average molecular weight is 305 g/mol. The molecule has 0 aliphatic carbocycles. The van der Waals surface area contributed by atoms with Crippen molar-refractivity contribution in [1.29, 1.82) is 0 Å². The minimum Gasteiger partial charge on any atom is -0.377 e. The van der Waals surface area contributed by atoms with Gasteiger partial charge in [0.25, 0.3) is 0 Å². The van der Waals surface area contributed by atoms with E-state index in [1.165, 1.54) is 6.07 Å². The molecule has 0 bridgehead atoms. The van der Waals surface area contributed by atoms with Crippen molar-refractivity contribution in [2.24, 2.45) is 0 Å². The summed E-state index contributed by atoms with van der Waals surface area (Å²) in [6.45, 7) is 2.96. The topological polar surface area (TPSA) is 9.23 Å². The van der Waals surface area contributed by atoms with Gasteiger partial charge in [0.2, 0.25) is 0 Å². The van der Waals surface area contributed by atoms with Crippen LogP contribution in [-0.4, -0.2) is 18.0 Å². The number of rotatable bonds is 3. The molecule has 88 valence electrons. The second-order valence-electron chi connectivity index (χ2n) is 3.99. The van der Waals surface area contributed by atoms with E-state index in [1.807, 2.05) is 17.8 Å². The Bertz CT molecular complexity index is 352. The first-order chi connectivity index (χ1) is 7.65. The van der Waals surface area contributed by atoms with Gasteiger partial charge in [0.05, 0.1) is 6.10 Å². The lowest BCUT2D eigenvalue weighted by molar-refractivity contribution is 0.127. The van der Waals surface area contributed by atoms with Crippen LogP contribution in [0.3, 0.4) is 0 Å². The van der Waals surface area contributed by atoms with Crippen LogP contribution in [0.25, 0.3) is 0 Å². The van der Waals surface area contributed by atoms with E-state index in [9.17, 15) is 4.39 Å². The maximum Gasteiger partial charge on any atom is 0.124 e. The quantitative estimate of drug-likeness (QED) is 0.835. The second kappa shape index (κ2) is 5.52. The molecule has 1 aromatic rings. The van der Waals surface area contributed by atoms with Crippen LogP contribution in [0.1, 0.15) is 18.9 Å². The highest BCUT2D eigenvalue weighted by molar-refractivity contribution is 9.10. The van der Waals surface area contributed by atoms with Crippen LogP contribution in [-0.2, 0) is 10.5 Å². The molecule has 16 heavy (non-hydrogen) atoms. The lowest BCUT2D eigenvalue weighted by atomic mass is 10.2.